The largest absolute Gasteiger partial charge is 0.466 e. The van der Waals surface area contributed by atoms with Gasteiger partial charge in [-0.2, -0.15) is 0 Å². The van der Waals surface area contributed by atoms with Crippen LogP contribution in [0.5, 0.6) is 0 Å². The van der Waals surface area contributed by atoms with Gasteiger partial charge in [0.15, 0.2) is 0 Å². The minimum Gasteiger partial charge on any atom is -0.466 e. The Morgan fingerprint density at radius 2 is 0.824 bits per heavy atom. The van der Waals surface area contributed by atoms with Crippen molar-refractivity contribution in [1.29, 1.82) is 0 Å². The summed E-state index contributed by atoms with van der Waals surface area (Å²) >= 11 is 0. The third-order valence-electron chi connectivity index (χ3n) is 6.90. The van der Waals surface area contributed by atoms with E-state index in [-0.39, 0.29) is 5.97 Å². The maximum atomic E-state index is 11.8. The van der Waals surface area contributed by atoms with E-state index in [9.17, 15) is 4.79 Å². The van der Waals surface area contributed by atoms with Gasteiger partial charge in [-0.15, -0.1) is 0 Å². The zero-order valence-electron chi connectivity index (χ0n) is 23.6. The number of allylic oxidation sites excluding steroid dienone is 2. The molecule has 0 aliphatic rings. The molecular formula is C32H62O2. The first-order chi connectivity index (χ1) is 16.8. The first-order valence-corrected chi connectivity index (χ1v) is 15.6. The van der Waals surface area contributed by atoms with Crippen molar-refractivity contribution in [3.8, 4) is 0 Å². The Morgan fingerprint density at radius 3 is 1.26 bits per heavy atom. The van der Waals surface area contributed by atoms with Crippen LogP contribution in [-0.2, 0) is 9.53 Å². The number of carbonyl (C=O) groups excluding carboxylic acids is 1. The number of ether oxygens (including phenoxy) is 1. The molecule has 0 aromatic heterocycles. The summed E-state index contributed by atoms with van der Waals surface area (Å²) < 4.78 is 5.38. The lowest BCUT2D eigenvalue weighted by molar-refractivity contribution is -0.143. The van der Waals surface area contributed by atoms with Gasteiger partial charge >= 0.3 is 5.97 Å². The second-order valence-electron chi connectivity index (χ2n) is 10.4. The summed E-state index contributed by atoms with van der Waals surface area (Å²) in [5.74, 6) is 0.0156. The molecule has 0 heterocycles. The van der Waals surface area contributed by atoms with Crippen LogP contribution in [0.3, 0.4) is 0 Å². The third kappa shape index (κ3) is 29.2. The molecule has 0 unspecified atom stereocenters. The molecule has 0 aliphatic heterocycles. The van der Waals surface area contributed by atoms with Gasteiger partial charge in [-0.25, -0.2) is 0 Å². The van der Waals surface area contributed by atoms with Crippen molar-refractivity contribution in [2.24, 2.45) is 0 Å². The molecule has 0 aromatic carbocycles. The van der Waals surface area contributed by atoms with Gasteiger partial charge in [0.2, 0.25) is 0 Å². The predicted molar refractivity (Wildman–Crippen MR) is 151 cm³/mol. The van der Waals surface area contributed by atoms with Crippen LogP contribution in [0.15, 0.2) is 12.2 Å². The van der Waals surface area contributed by atoms with Crippen LogP contribution in [0.25, 0.3) is 0 Å². The first-order valence-electron chi connectivity index (χ1n) is 15.6. The molecule has 0 saturated carbocycles. The molecule has 0 aromatic rings. The van der Waals surface area contributed by atoms with Crippen LogP contribution in [0.2, 0.25) is 0 Å². The Kier molecular flexibility index (Phi) is 29.5. The van der Waals surface area contributed by atoms with Crippen LogP contribution in [0, 0.1) is 0 Å². The topological polar surface area (TPSA) is 26.3 Å². The number of rotatable bonds is 28. The summed E-state index contributed by atoms with van der Waals surface area (Å²) in [6.07, 6.45) is 38.4. The van der Waals surface area contributed by atoms with Crippen LogP contribution in [0.4, 0.5) is 0 Å². The fourth-order valence-electron chi connectivity index (χ4n) is 4.54. The van der Waals surface area contributed by atoms with Crippen molar-refractivity contribution in [2.45, 2.75) is 181 Å². The molecule has 0 radical (unpaired) electrons. The van der Waals surface area contributed by atoms with E-state index < -0.39 is 0 Å². The van der Waals surface area contributed by atoms with Crippen LogP contribution < -0.4 is 0 Å². The van der Waals surface area contributed by atoms with Gasteiger partial charge in [0.25, 0.3) is 0 Å². The van der Waals surface area contributed by atoms with E-state index in [2.05, 4.69) is 26.0 Å². The molecule has 0 rings (SSSR count). The molecule has 0 aliphatic carbocycles. The molecule has 0 amide bonds. The highest BCUT2D eigenvalue weighted by Gasteiger charge is 2.02. The second kappa shape index (κ2) is 30.2. The van der Waals surface area contributed by atoms with E-state index in [0.29, 0.717) is 13.0 Å². The summed E-state index contributed by atoms with van der Waals surface area (Å²) in [6, 6.07) is 0. The molecule has 0 atom stereocenters. The molecule has 0 N–H and O–H groups in total. The minimum atomic E-state index is 0.0156. The molecule has 34 heavy (non-hydrogen) atoms. The average molecular weight is 479 g/mol. The van der Waals surface area contributed by atoms with E-state index in [4.69, 9.17) is 4.74 Å². The van der Waals surface area contributed by atoms with Gasteiger partial charge in [-0.3, -0.25) is 4.79 Å². The van der Waals surface area contributed by atoms with Crippen LogP contribution in [-0.4, -0.2) is 12.6 Å². The van der Waals surface area contributed by atoms with E-state index in [0.717, 1.165) is 12.8 Å². The van der Waals surface area contributed by atoms with Crippen molar-refractivity contribution < 1.29 is 9.53 Å². The number of hydrogen-bond donors (Lipinski definition) is 0. The van der Waals surface area contributed by atoms with Gasteiger partial charge < -0.3 is 4.74 Å². The Labute approximate surface area is 215 Å². The van der Waals surface area contributed by atoms with Gasteiger partial charge in [0, 0.05) is 6.42 Å². The minimum absolute atomic E-state index is 0.0156. The second-order valence-corrected chi connectivity index (χ2v) is 10.4. The lowest BCUT2D eigenvalue weighted by Gasteiger charge is -2.05. The third-order valence-corrected chi connectivity index (χ3v) is 6.90. The van der Waals surface area contributed by atoms with Gasteiger partial charge in [0.1, 0.15) is 0 Å². The fourth-order valence-corrected chi connectivity index (χ4v) is 4.54. The SMILES string of the molecule is CCCCCCCCC=CCCCCCCCCCCCCOC(=O)CCCCCCCCC. The highest BCUT2D eigenvalue weighted by atomic mass is 16.5. The zero-order chi connectivity index (χ0) is 24.8. The number of esters is 1. The fraction of sp³-hybridized carbons (Fsp3) is 0.906. The Hall–Kier alpha value is -0.790. The predicted octanol–water partition coefficient (Wildman–Crippen LogP) is 11.3. The van der Waals surface area contributed by atoms with Gasteiger partial charge in [-0.1, -0.05) is 148 Å². The lowest BCUT2D eigenvalue weighted by atomic mass is 10.1. The van der Waals surface area contributed by atoms with Crippen LogP contribution in [0.1, 0.15) is 181 Å². The molecule has 0 spiro atoms. The standard InChI is InChI=1S/C32H62O2/c1-3-5-7-9-11-12-13-14-15-16-17-18-19-20-21-22-23-25-27-29-31-34-32(33)30-28-26-24-10-8-6-4-2/h14-15H,3-13,16-31H2,1-2H3. The Morgan fingerprint density at radius 1 is 0.471 bits per heavy atom. The molecule has 2 heteroatoms. The summed E-state index contributed by atoms with van der Waals surface area (Å²) in [5.41, 5.74) is 0. The van der Waals surface area contributed by atoms with E-state index >= 15 is 0 Å². The summed E-state index contributed by atoms with van der Waals surface area (Å²) in [6.45, 7) is 5.16. The van der Waals surface area contributed by atoms with E-state index in [1.54, 1.807) is 0 Å². The number of carbonyl (C=O) groups is 1. The highest BCUT2D eigenvalue weighted by molar-refractivity contribution is 5.69. The number of unbranched alkanes of at least 4 members (excludes halogenated alkanes) is 22. The van der Waals surface area contributed by atoms with E-state index in [1.165, 1.54) is 148 Å². The Bertz CT molecular complexity index is 415. The van der Waals surface area contributed by atoms with Crippen molar-refractivity contribution >= 4 is 5.97 Å². The maximum absolute atomic E-state index is 11.8. The molecule has 202 valence electrons. The lowest BCUT2D eigenvalue weighted by Crippen LogP contribution is -2.05. The highest BCUT2D eigenvalue weighted by Crippen LogP contribution is 2.13. The molecule has 0 fully saturated rings. The monoisotopic (exact) mass is 478 g/mol. The first kappa shape index (κ1) is 33.2. The van der Waals surface area contributed by atoms with Gasteiger partial charge in [-0.05, 0) is 38.5 Å². The number of hydrogen-bond acceptors (Lipinski definition) is 2. The summed E-state index contributed by atoms with van der Waals surface area (Å²) in [7, 11) is 0. The molecule has 0 saturated heterocycles. The maximum Gasteiger partial charge on any atom is 0.305 e. The normalized spacial score (nSPS) is 11.5. The van der Waals surface area contributed by atoms with Crippen molar-refractivity contribution in [2.75, 3.05) is 6.61 Å². The van der Waals surface area contributed by atoms with Crippen LogP contribution >= 0.6 is 0 Å². The average Bonchev–Trinajstić information content (AvgIpc) is 2.84. The summed E-state index contributed by atoms with van der Waals surface area (Å²) in [4.78, 5) is 11.8. The molecular weight excluding hydrogens is 416 g/mol. The zero-order valence-corrected chi connectivity index (χ0v) is 23.6. The van der Waals surface area contributed by atoms with Crippen molar-refractivity contribution in [3.63, 3.8) is 0 Å². The quantitative estimate of drug-likeness (QED) is 0.0634. The summed E-state index contributed by atoms with van der Waals surface area (Å²) in [5, 5.41) is 0. The van der Waals surface area contributed by atoms with Crippen molar-refractivity contribution in [1.82, 2.24) is 0 Å². The molecule has 2 nitrogen and oxygen atoms in total. The van der Waals surface area contributed by atoms with Crippen molar-refractivity contribution in [3.05, 3.63) is 12.2 Å². The van der Waals surface area contributed by atoms with Gasteiger partial charge in [0.05, 0.1) is 6.61 Å². The Balaban J connectivity index is 3.15. The molecule has 0 bridgehead atoms. The smallest absolute Gasteiger partial charge is 0.305 e. The van der Waals surface area contributed by atoms with E-state index in [1.807, 2.05) is 0 Å².